The molecule has 0 bridgehead atoms. The van der Waals surface area contributed by atoms with Crippen LogP contribution in [0.1, 0.15) is 11.4 Å². The Hall–Kier alpha value is -4.58. The molecule has 0 spiro atoms. The van der Waals surface area contributed by atoms with Gasteiger partial charge in [0.15, 0.2) is 0 Å². The van der Waals surface area contributed by atoms with Crippen molar-refractivity contribution < 1.29 is 0 Å². The first-order valence-electron chi connectivity index (χ1n) is 10.1. The van der Waals surface area contributed by atoms with Crippen molar-refractivity contribution in [3.63, 3.8) is 0 Å². The standard InChI is InChI=1S/C26H18N6/c27-25-17(19-9-5-11-23(31-19)21-7-1-3-15-29-21)13-14-18(26(25)28)20-10-6-12-24(32-20)22-8-2-4-16-30-22/h1-16,27-28H. The van der Waals surface area contributed by atoms with Crippen LogP contribution < -0.4 is 0 Å². The van der Waals surface area contributed by atoms with Gasteiger partial charge in [-0.25, -0.2) is 9.97 Å². The lowest BCUT2D eigenvalue weighted by Gasteiger charge is -2.17. The summed E-state index contributed by atoms with van der Waals surface area (Å²) in [6.45, 7) is 0. The smallest absolute Gasteiger partial charge is 0.0893 e. The summed E-state index contributed by atoms with van der Waals surface area (Å²) in [5, 5.41) is 17.3. The molecule has 2 N–H and O–H groups in total. The number of pyridine rings is 4. The Morgan fingerprint density at radius 2 is 0.844 bits per heavy atom. The SMILES string of the molecule is N=C1C(=N)C(c2cccc(-c3ccccn3)n2)=CC=C1c1cccc(-c2ccccn2)n1. The maximum atomic E-state index is 8.63. The normalized spacial score (nSPS) is 13.5. The van der Waals surface area contributed by atoms with Gasteiger partial charge >= 0.3 is 0 Å². The molecule has 4 heterocycles. The zero-order valence-corrected chi connectivity index (χ0v) is 17.0. The van der Waals surface area contributed by atoms with E-state index in [1.165, 1.54) is 0 Å². The van der Waals surface area contributed by atoms with E-state index in [4.69, 9.17) is 10.8 Å². The Balaban J connectivity index is 1.52. The second-order valence-corrected chi connectivity index (χ2v) is 7.16. The van der Waals surface area contributed by atoms with Crippen LogP contribution in [0, 0.1) is 10.8 Å². The summed E-state index contributed by atoms with van der Waals surface area (Å²) in [6.07, 6.45) is 7.11. The van der Waals surface area contributed by atoms with Gasteiger partial charge in [0.25, 0.3) is 0 Å². The predicted octanol–water partition coefficient (Wildman–Crippen LogP) is 5.12. The second-order valence-electron chi connectivity index (χ2n) is 7.16. The van der Waals surface area contributed by atoms with Crippen molar-refractivity contribution in [1.29, 1.82) is 10.8 Å². The first-order valence-corrected chi connectivity index (χ1v) is 10.1. The first-order chi connectivity index (χ1) is 15.7. The molecule has 0 amide bonds. The van der Waals surface area contributed by atoms with Gasteiger partial charge in [-0.1, -0.05) is 24.3 Å². The third-order valence-electron chi connectivity index (χ3n) is 5.11. The van der Waals surface area contributed by atoms with Gasteiger partial charge in [-0.3, -0.25) is 20.8 Å². The van der Waals surface area contributed by atoms with Gasteiger partial charge in [-0.2, -0.15) is 0 Å². The molecule has 0 saturated heterocycles. The molecule has 4 aromatic rings. The molecule has 5 rings (SSSR count). The van der Waals surface area contributed by atoms with Crippen molar-refractivity contribution in [2.75, 3.05) is 0 Å². The molecule has 0 atom stereocenters. The Bertz CT molecular complexity index is 1280. The lowest BCUT2D eigenvalue weighted by atomic mass is 9.90. The minimum Gasteiger partial charge on any atom is -0.298 e. The molecule has 0 fully saturated rings. The lowest BCUT2D eigenvalue weighted by molar-refractivity contribution is 1.22. The Kier molecular flexibility index (Phi) is 5.01. The third-order valence-corrected chi connectivity index (χ3v) is 5.11. The van der Waals surface area contributed by atoms with E-state index in [9.17, 15) is 0 Å². The molecular formula is C26H18N6. The largest absolute Gasteiger partial charge is 0.298 e. The first kappa shape index (κ1) is 19.4. The topological polar surface area (TPSA) is 99.3 Å². The predicted molar refractivity (Wildman–Crippen MR) is 126 cm³/mol. The fourth-order valence-corrected chi connectivity index (χ4v) is 3.51. The van der Waals surface area contributed by atoms with Crippen molar-refractivity contribution in [3.05, 3.63) is 109 Å². The van der Waals surface area contributed by atoms with E-state index < -0.39 is 0 Å². The molecule has 0 radical (unpaired) electrons. The summed E-state index contributed by atoms with van der Waals surface area (Å²) in [4.78, 5) is 18.1. The third kappa shape index (κ3) is 3.65. The van der Waals surface area contributed by atoms with Gasteiger partial charge in [-0.15, -0.1) is 0 Å². The van der Waals surface area contributed by atoms with Crippen LogP contribution in [0.15, 0.2) is 97.3 Å². The van der Waals surface area contributed by atoms with Crippen molar-refractivity contribution >= 4 is 22.6 Å². The van der Waals surface area contributed by atoms with E-state index in [0.717, 1.165) is 22.8 Å². The van der Waals surface area contributed by atoms with Crippen LogP contribution in [-0.2, 0) is 0 Å². The summed E-state index contributed by atoms with van der Waals surface area (Å²) in [6, 6.07) is 22.6. The van der Waals surface area contributed by atoms with Crippen LogP contribution in [0.25, 0.3) is 33.9 Å². The maximum absolute atomic E-state index is 8.63. The molecular weight excluding hydrogens is 396 g/mol. The zero-order valence-electron chi connectivity index (χ0n) is 17.0. The van der Waals surface area contributed by atoms with E-state index in [1.54, 1.807) is 12.4 Å². The van der Waals surface area contributed by atoms with Crippen LogP contribution in [0.3, 0.4) is 0 Å². The van der Waals surface area contributed by atoms with Gasteiger partial charge in [0.2, 0.25) is 0 Å². The van der Waals surface area contributed by atoms with Crippen LogP contribution in [0.4, 0.5) is 0 Å². The van der Waals surface area contributed by atoms with Crippen LogP contribution in [0.2, 0.25) is 0 Å². The molecule has 1 aliphatic rings. The number of rotatable bonds is 4. The van der Waals surface area contributed by atoms with Crippen LogP contribution in [-0.4, -0.2) is 31.4 Å². The van der Waals surface area contributed by atoms with Crippen molar-refractivity contribution in [1.82, 2.24) is 19.9 Å². The van der Waals surface area contributed by atoms with E-state index >= 15 is 0 Å². The van der Waals surface area contributed by atoms with Gasteiger partial charge < -0.3 is 0 Å². The van der Waals surface area contributed by atoms with Gasteiger partial charge in [0.05, 0.1) is 45.6 Å². The molecule has 1 aliphatic carbocycles. The Morgan fingerprint density at radius 1 is 0.438 bits per heavy atom. The molecule has 152 valence electrons. The molecule has 0 saturated carbocycles. The van der Waals surface area contributed by atoms with E-state index in [2.05, 4.69) is 19.9 Å². The van der Waals surface area contributed by atoms with Crippen molar-refractivity contribution in [3.8, 4) is 22.8 Å². The van der Waals surface area contributed by atoms with E-state index in [0.29, 0.717) is 22.5 Å². The molecule has 4 aromatic heterocycles. The number of hydrogen-bond donors (Lipinski definition) is 2. The molecule has 0 unspecified atom stereocenters. The molecule has 0 aromatic carbocycles. The van der Waals surface area contributed by atoms with Gasteiger partial charge in [0, 0.05) is 23.5 Å². The highest BCUT2D eigenvalue weighted by Gasteiger charge is 2.23. The van der Waals surface area contributed by atoms with Crippen molar-refractivity contribution in [2.24, 2.45) is 0 Å². The summed E-state index contributed by atoms with van der Waals surface area (Å²) in [7, 11) is 0. The maximum Gasteiger partial charge on any atom is 0.0893 e. The Morgan fingerprint density at radius 3 is 1.25 bits per heavy atom. The highest BCUT2D eigenvalue weighted by atomic mass is 14.8. The van der Waals surface area contributed by atoms with Crippen LogP contribution in [0.5, 0.6) is 0 Å². The summed E-state index contributed by atoms with van der Waals surface area (Å²) in [5.74, 6) is 0. The minimum atomic E-state index is 0.109. The average molecular weight is 414 g/mol. The lowest BCUT2D eigenvalue weighted by Crippen LogP contribution is -2.20. The van der Waals surface area contributed by atoms with Gasteiger partial charge in [0.1, 0.15) is 0 Å². The monoisotopic (exact) mass is 414 g/mol. The zero-order chi connectivity index (χ0) is 21.9. The highest BCUT2D eigenvalue weighted by molar-refractivity contribution is 6.68. The van der Waals surface area contributed by atoms with Crippen molar-refractivity contribution in [2.45, 2.75) is 0 Å². The number of nitrogens with one attached hydrogen (secondary N) is 2. The molecule has 6 nitrogen and oxygen atoms in total. The van der Waals surface area contributed by atoms with Gasteiger partial charge in [-0.05, 0) is 60.7 Å². The summed E-state index contributed by atoms with van der Waals surface area (Å²) in [5.41, 5.74) is 5.65. The molecule has 6 heteroatoms. The summed E-state index contributed by atoms with van der Waals surface area (Å²) < 4.78 is 0. The average Bonchev–Trinajstić information content (AvgIpc) is 2.87. The van der Waals surface area contributed by atoms with E-state index in [-0.39, 0.29) is 11.4 Å². The molecule has 32 heavy (non-hydrogen) atoms. The number of allylic oxidation sites excluding steroid dienone is 4. The fourth-order valence-electron chi connectivity index (χ4n) is 3.51. The van der Waals surface area contributed by atoms with Crippen LogP contribution >= 0.6 is 0 Å². The second kappa shape index (κ2) is 8.28. The fraction of sp³-hybridized carbons (Fsp3) is 0. The quantitative estimate of drug-likeness (QED) is 0.453. The molecule has 0 aliphatic heterocycles. The van der Waals surface area contributed by atoms with E-state index in [1.807, 2.05) is 84.9 Å². The highest BCUT2D eigenvalue weighted by Crippen LogP contribution is 2.28. The number of hydrogen-bond acceptors (Lipinski definition) is 6. The Labute approximate surface area is 185 Å². The number of nitrogens with zero attached hydrogens (tertiary/aromatic N) is 4. The number of aromatic nitrogens is 4. The minimum absolute atomic E-state index is 0.109. The summed E-state index contributed by atoms with van der Waals surface area (Å²) >= 11 is 0.